The van der Waals surface area contributed by atoms with Crippen LogP contribution in [0.25, 0.3) is 0 Å². The lowest BCUT2D eigenvalue weighted by molar-refractivity contribution is -0.129. The molecule has 3 rings (SSSR count). The van der Waals surface area contributed by atoms with Gasteiger partial charge in [0, 0.05) is 12.3 Å². The summed E-state index contributed by atoms with van der Waals surface area (Å²) in [5.41, 5.74) is 2.47. The number of carbonyl (C=O) groups excluding carboxylic acids is 1. The van der Waals surface area contributed by atoms with Gasteiger partial charge in [-0.2, -0.15) is 0 Å². The maximum Gasteiger partial charge on any atom is 0.233 e. The molecule has 0 bridgehead atoms. The van der Waals surface area contributed by atoms with E-state index in [1.165, 1.54) is 11.1 Å². The van der Waals surface area contributed by atoms with Crippen LogP contribution in [0.3, 0.4) is 0 Å². The molecular formula is C20H23NO2S. The molecule has 1 saturated heterocycles. The summed E-state index contributed by atoms with van der Waals surface area (Å²) in [6.07, 6.45) is 2.12. The molecule has 1 aliphatic rings. The number of rotatable bonds is 6. The number of thioether (sulfide) groups is 1. The molecular weight excluding hydrogens is 318 g/mol. The summed E-state index contributed by atoms with van der Waals surface area (Å²) in [4.78, 5) is 14.7. The van der Waals surface area contributed by atoms with Gasteiger partial charge in [-0.15, -0.1) is 11.8 Å². The Hall–Kier alpha value is -1.94. The minimum Gasteiger partial charge on any atom is -0.497 e. The molecule has 1 aliphatic heterocycles. The van der Waals surface area contributed by atoms with Gasteiger partial charge in [-0.3, -0.25) is 4.79 Å². The van der Waals surface area contributed by atoms with Crippen molar-refractivity contribution < 1.29 is 9.53 Å². The lowest BCUT2D eigenvalue weighted by Crippen LogP contribution is -2.32. The van der Waals surface area contributed by atoms with Gasteiger partial charge in [0.05, 0.1) is 18.9 Å². The average molecular weight is 341 g/mol. The van der Waals surface area contributed by atoms with Crippen LogP contribution in [0.4, 0.5) is 0 Å². The van der Waals surface area contributed by atoms with Crippen molar-refractivity contribution >= 4 is 17.7 Å². The first-order valence-corrected chi connectivity index (χ1v) is 9.48. The summed E-state index contributed by atoms with van der Waals surface area (Å²) in [6.45, 7) is 0.863. The van der Waals surface area contributed by atoms with Crippen LogP contribution < -0.4 is 4.74 Å². The van der Waals surface area contributed by atoms with Crippen LogP contribution in [-0.2, 0) is 10.5 Å². The fourth-order valence-electron chi connectivity index (χ4n) is 3.15. The number of likely N-dealkylation sites (tertiary alicyclic amines) is 1. The first kappa shape index (κ1) is 16.9. The molecule has 1 atom stereocenters. The number of ether oxygens (including phenoxy) is 1. The van der Waals surface area contributed by atoms with Crippen LogP contribution in [0.1, 0.15) is 30.0 Å². The molecule has 0 N–H and O–H groups in total. The monoisotopic (exact) mass is 341 g/mol. The third kappa shape index (κ3) is 4.12. The molecule has 1 fully saturated rings. The van der Waals surface area contributed by atoms with E-state index in [4.69, 9.17) is 4.74 Å². The van der Waals surface area contributed by atoms with Gasteiger partial charge in [-0.05, 0) is 36.1 Å². The van der Waals surface area contributed by atoms with Crippen LogP contribution in [0, 0.1) is 0 Å². The minimum absolute atomic E-state index is 0.209. The minimum atomic E-state index is 0.209. The van der Waals surface area contributed by atoms with E-state index in [0.717, 1.165) is 30.9 Å². The normalized spacial score (nSPS) is 17.0. The summed E-state index contributed by atoms with van der Waals surface area (Å²) >= 11 is 1.69. The molecule has 126 valence electrons. The van der Waals surface area contributed by atoms with E-state index in [1.54, 1.807) is 18.9 Å². The number of hydrogen-bond acceptors (Lipinski definition) is 3. The van der Waals surface area contributed by atoms with E-state index in [0.29, 0.717) is 5.75 Å². The Kier molecular flexibility index (Phi) is 5.81. The molecule has 24 heavy (non-hydrogen) atoms. The maximum atomic E-state index is 12.6. The van der Waals surface area contributed by atoms with Gasteiger partial charge < -0.3 is 9.64 Å². The summed E-state index contributed by atoms with van der Waals surface area (Å²) in [7, 11) is 1.67. The summed E-state index contributed by atoms with van der Waals surface area (Å²) in [5.74, 6) is 2.53. The predicted molar refractivity (Wildman–Crippen MR) is 99.3 cm³/mol. The van der Waals surface area contributed by atoms with Gasteiger partial charge in [-0.25, -0.2) is 0 Å². The zero-order valence-electron chi connectivity index (χ0n) is 14.0. The Morgan fingerprint density at radius 2 is 1.92 bits per heavy atom. The van der Waals surface area contributed by atoms with E-state index in [9.17, 15) is 4.79 Å². The fraction of sp³-hybridized carbons (Fsp3) is 0.350. The number of benzene rings is 2. The second-order valence-corrected chi connectivity index (χ2v) is 6.98. The van der Waals surface area contributed by atoms with Crippen LogP contribution in [0.15, 0.2) is 54.6 Å². The standard InChI is InChI=1S/C20H23NO2S/c1-23-18-11-9-17(10-12-18)19-8-5-13-21(19)20(22)15-24-14-16-6-3-2-4-7-16/h2-4,6-7,9-12,19H,5,8,13-15H2,1H3/t19-/m0/s1. The van der Waals surface area contributed by atoms with Crippen molar-refractivity contribution in [1.29, 1.82) is 0 Å². The van der Waals surface area contributed by atoms with Gasteiger partial charge in [-0.1, -0.05) is 42.5 Å². The molecule has 4 heteroatoms. The van der Waals surface area contributed by atoms with Crippen molar-refractivity contribution in [2.75, 3.05) is 19.4 Å². The number of hydrogen-bond donors (Lipinski definition) is 0. The SMILES string of the molecule is COc1ccc([C@@H]2CCCN2C(=O)CSCc2ccccc2)cc1. The highest BCUT2D eigenvalue weighted by molar-refractivity contribution is 7.99. The molecule has 0 spiro atoms. The largest absolute Gasteiger partial charge is 0.497 e. The Morgan fingerprint density at radius 3 is 2.62 bits per heavy atom. The van der Waals surface area contributed by atoms with E-state index in [-0.39, 0.29) is 11.9 Å². The molecule has 3 nitrogen and oxygen atoms in total. The van der Waals surface area contributed by atoms with Crippen LogP contribution in [0.2, 0.25) is 0 Å². The maximum absolute atomic E-state index is 12.6. The Balaban J connectivity index is 1.56. The van der Waals surface area contributed by atoms with Gasteiger partial charge in [0.2, 0.25) is 5.91 Å². The molecule has 0 aromatic heterocycles. The van der Waals surface area contributed by atoms with Crippen LogP contribution in [-0.4, -0.2) is 30.2 Å². The first-order chi connectivity index (χ1) is 11.8. The molecule has 1 heterocycles. The third-order valence-electron chi connectivity index (χ3n) is 4.41. The molecule has 0 unspecified atom stereocenters. The molecule has 0 radical (unpaired) electrons. The average Bonchev–Trinajstić information content (AvgIpc) is 3.12. The smallest absolute Gasteiger partial charge is 0.233 e. The van der Waals surface area contributed by atoms with Crippen molar-refractivity contribution in [3.63, 3.8) is 0 Å². The number of carbonyl (C=O) groups is 1. The fourth-order valence-corrected chi connectivity index (χ4v) is 4.02. The van der Waals surface area contributed by atoms with Crippen molar-refractivity contribution in [3.05, 3.63) is 65.7 Å². The summed E-state index contributed by atoms with van der Waals surface area (Å²) < 4.78 is 5.22. The molecule has 0 saturated carbocycles. The summed E-state index contributed by atoms with van der Waals surface area (Å²) in [6, 6.07) is 18.6. The van der Waals surface area contributed by atoms with E-state index < -0.39 is 0 Å². The highest BCUT2D eigenvalue weighted by Crippen LogP contribution is 2.33. The second kappa shape index (κ2) is 8.25. The van der Waals surface area contributed by atoms with Crippen molar-refractivity contribution in [3.8, 4) is 5.75 Å². The first-order valence-electron chi connectivity index (χ1n) is 8.33. The number of nitrogens with zero attached hydrogens (tertiary/aromatic N) is 1. The van der Waals surface area contributed by atoms with Crippen molar-refractivity contribution in [1.82, 2.24) is 4.90 Å². The van der Waals surface area contributed by atoms with Crippen molar-refractivity contribution in [2.45, 2.75) is 24.6 Å². The molecule has 1 amide bonds. The highest BCUT2D eigenvalue weighted by Gasteiger charge is 2.29. The zero-order valence-corrected chi connectivity index (χ0v) is 14.8. The number of amides is 1. The summed E-state index contributed by atoms with van der Waals surface area (Å²) in [5, 5.41) is 0. The van der Waals surface area contributed by atoms with Gasteiger partial charge >= 0.3 is 0 Å². The zero-order chi connectivity index (χ0) is 16.8. The quantitative estimate of drug-likeness (QED) is 0.785. The Bertz CT molecular complexity index is 657. The number of methoxy groups -OCH3 is 1. The lowest BCUT2D eigenvalue weighted by Gasteiger charge is -2.25. The third-order valence-corrected chi connectivity index (χ3v) is 5.40. The van der Waals surface area contributed by atoms with Crippen LogP contribution >= 0.6 is 11.8 Å². The van der Waals surface area contributed by atoms with Gasteiger partial charge in [0.15, 0.2) is 0 Å². The van der Waals surface area contributed by atoms with Crippen LogP contribution in [0.5, 0.6) is 5.75 Å². The molecule has 2 aromatic carbocycles. The van der Waals surface area contributed by atoms with Crippen molar-refractivity contribution in [2.24, 2.45) is 0 Å². The lowest BCUT2D eigenvalue weighted by atomic mass is 10.0. The topological polar surface area (TPSA) is 29.5 Å². The van der Waals surface area contributed by atoms with E-state index in [1.807, 2.05) is 35.2 Å². The van der Waals surface area contributed by atoms with Gasteiger partial charge in [0.1, 0.15) is 5.75 Å². The van der Waals surface area contributed by atoms with E-state index in [2.05, 4.69) is 24.3 Å². The highest BCUT2D eigenvalue weighted by atomic mass is 32.2. The van der Waals surface area contributed by atoms with Gasteiger partial charge in [0.25, 0.3) is 0 Å². The Morgan fingerprint density at radius 1 is 1.17 bits per heavy atom. The van der Waals surface area contributed by atoms with E-state index >= 15 is 0 Å². The Labute approximate surface area is 148 Å². The predicted octanol–water partition coefficient (Wildman–Crippen LogP) is 4.29. The molecule has 2 aromatic rings. The molecule has 0 aliphatic carbocycles. The second-order valence-electron chi connectivity index (χ2n) is 6.00.